The minimum absolute atomic E-state index is 0.108. The number of likely N-dealkylation sites (tertiary alicyclic amines) is 1. The highest BCUT2D eigenvalue weighted by atomic mass is 32.2. The highest BCUT2D eigenvalue weighted by molar-refractivity contribution is 7.98. The number of benzene rings is 1. The number of nitrogens with zero attached hydrogens (tertiary/aromatic N) is 1. The number of ether oxygens (including phenoxy) is 2. The van der Waals surface area contributed by atoms with Crippen LogP contribution in [-0.2, 0) is 33.9 Å². The van der Waals surface area contributed by atoms with Crippen molar-refractivity contribution >= 4 is 57.4 Å². The van der Waals surface area contributed by atoms with Crippen LogP contribution >= 0.6 is 11.8 Å². The number of rotatable bonds is 11. The van der Waals surface area contributed by atoms with Gasteiger partial charge in [-0.3, -0.25) is 24.4 Å². The molecule has 3 fully saturated rings. The zero-order valence-corrected chi connectivity index (χ0v) is 30.6. The van der Waals surface area contributed by atoms with E-state index in [0.717, 1.165) is 4.90 Å². The lowest BCUT2D eigenvalue weighted by Gasteiger charge is -2.36. The zero-order chi connectivity index (χ0) is 36.5. The van der Waals surface area contributed by atoms with Gasteiger partial charge in [0.25, 0.3) is 5.91 Å². The Morgan fingerprint density at radius 1 is 1.08 bits per heavy atom. The van der Waals surface area contributed by atoms with E-state index in [1.165, 1.54) is 22.7 Å². The number of amides is 5. The number of sulfonamides is 1. The van der Waals surface area contributed by atoms with E-state index >= 15 is 0 Å². The third-order valence-electron chi connectivity index (χ3n) is 8.46. The second kappa shape index (κ2) is 14.2. The predicted octanol–water partition coefficient (Wildman–Crippen LogP) is 3.54. The lowest BCUT2D eigenvalue weighted by atomic mass is 9.85. The summed E-state index contributed by atoms with van der Waals surface area (Å²) in [6, 6.07) is 4.71. The molecule has 0 bridgehead atoms. The first-order valence-electron chi connectivity index (χ1n) is 16.1. The standard InChI is InChI=1S/C33H47N5O9S2/c1-9-19-17-33(19,28(41)37-49(44,45)23-13-14-23)36-26(39)24-16-21(46-29(42)34-20-11-10-12-22(15-20)48-8)18-38(24)27(40)25(31(2,3)4)35-30(43)47-32(5,6)7/h9-12,15,19,21,23-25H,1,13-14,16-18H2,2-8H3,(H,34,42)(H,35,43)(H,36,39)(H,37,41)/t19?,21-,24-,25-,33?/m1/s1. The maximum absolute atomic E-state index is 14.2. The largest absolute Gasteiger partial charge is 0.444 e. The van der Waals surface area contributed by atoms with E-state index < -0.39 is 85.8 Å². The fourth-order valence-corrected chi connectivity index (χ4v) is 7.46. The summed E-state index contributed by atoms with van der Waals surface area (Å²) < 4.78 is 38.4. The molecule has 16 heteroatoms. The fraction of sp³-hybridized carbons (Fsp3) is 0.606. The van der Waals surface area contributed by atoms with Crippen molar-refractivity contribution in [1.29, 1.82) is 0 Å². The van der Waals surface area contributed by atoms with Crippen LogP contribution in [0, 0.1) is 11.3 Å². The molecule has 1 aliphatic heterocycles. The summed E-state index contributed by atoms with van der Waals surface area (Å²) in [7, 11) is -3.91. The topological polar surface area (TPSA) is 189 Å². The van der Waals surface area contributed by atoms with Crippen LogP contribution in [-0.4, -0.2) is 90.6 Å². The molecule has 5 atom stereocenters. The highest BCUT2D eigenvalue weighted by Gasteiger charge is 2.62. The lowest BCUT2D eigenvalue weighted by molar-refractivity contribution is -0.143. The van der Waals surface area contributed by atoms with E-state index in [-0.39, 0.29) is 19.4 Å². The van der Waals surface area contributed by atoms with Crippen molar-refractivity contribution in [3.8, 4) is 0 Å². The molecule has 4 N–H and O–H groups in total. The second-order valence-corrected chi connectivity index (χ2v) is 17.6. The van der Waals surface area contributed by atoms with Gasteiger partial charge in [-0.1, -0.05) is 32.9 Å². The van der Waals surface area contributed by atoms with Gasteiger partial charge in [0.05, 0.1) is 11.8 Å². The summed E-state index contributed by atoms with van der Waals surface area (Å²) >= 11 is 1.49. The van der Waals surface area contributed by atoms with Crippen molar-refractivity contribution in [3.63, 3.8) is 0 Å². The van der Waals surface area contributed by atoms with Gasteiger partial charge in [-0.05, 0) is 69.9 Å². The molecule has 1 aromatic rings. The first kappa shape index (κ1) is 38.0. The molecule has 14 nitrogen and oxygen atoms in total. The SMILES string of the molecule is C=CC1CC1(NC(=O)[C@H]1C[C@@H](OC(=O)Nc2cccc(SC)c2)CN1C(=O)[C@@H](NC(=O)OC(C)(C)C)C(C)(C)C)C(=O)NS(=O)(=O)C1CC1. The Morgan fingerprint density at radius 3 is 2.31 bits per heavy atom. The molecular weight excluding hydrogens is 675 g/mol. The van der Waals surface area contributed by atoms with Gasteiger partial charge in [0.2, 0.25) is 21.8 Å². The zero-order valence-electron chi connectivity index (χ0n) is 29.0. The molecule has 3 aliphatic rings. The van der Waals surface area contributed by atoms with Crippen molar-refractivity contribution in [2.75, 3.05) is 18.1 Å². The summed E-state index contributed by atoms with van der Waals surface area (Å²) in [5, 5.41) is 7.34. The van der Waals surface area contributed by atoms with E-state index in [1.807, 2.05) is 12.3 Å². The summed E-state index contributed by atoms with van der Waals surface area (Å²) in [5.41, 5.74) is -2.80. The molecule has 49 heavy (non-hydrogen) atoms. The molecule has 0 aromatic heterocycles. The van der Waals surface area contributed by atoms with Crippen LogP contribution < -0.4 is 20.7 Å². The Bertz CT molecular complexity index is 1600. The molecule has 2 unspecified atom stereocenters. The third-order valence-corrected chi connectivity index (χ3v) is 11.0. The van der Waals surface area contributed by atoms with E-state index in [1.54, 1.807) is 59.7 Å². The normalized spacial score (nSPS) is 24.2. The number of hydrogen-bond acceptors (Lipinski definition) is 10. The van der Waals surface area contributed by atoms with Crippen LogP contribution in [0.25, 0.3) is 0 Å². The van der Waals surface area contributed by atoms with E-state index in [0.29, 0.717) is 18.5 Å². The number of nitrogens with one attached hydrogen (secondary N) is 4. The van der Waals surface area contributed by atoms with Gasteiger partial charge in [-0.25, -0.2) is 18.0 Å². The fourth-order valence-electron chi connectivity index (χ4n) is 5.63. The maximum Gasteiger partial charge on any atom is 0.411 e. The average Bonchev–Trinajstić information content (AvgIpc) is 3.91. The molecule has 1 saturated heterocycles. The average molecular weight is 722 g/mol. The minimum Gasteiger partial charge on any atom is -0.444 e. The Morgan fingerprint density at radius 2 is 1.76 bits per heavy atom. The van der Waals surface area contributed by atoms with Crippen LogP contribution in [0.4, 0.5) is 15.3 Å². The Labute approximate surface area is 291 Å². The molecule has 270 valence electrons. The van der Waals surface area contributed by atoms with Crippen LogP contribution in [0.3, 0.4) is 0 Å². The number of thioether (sulfide) groups is 1. The molecular formula is C33H47N5O9S2. The number of carbonyl (C=O) groups is 5. The van der Waals surface area contributed by atoms with Crippen molar-refractivity contribution in [2.24, 2.45) is 11.3 Å². The summed E-state index contributed by atoms with van der Waals surface area (Å²) in [6.07, 6.45) is 1.64. The molecule has 5 amide bonds. The van der Waals surface area contributed by atoms with Crippen LogP contribution in [0.5, 0.6) is 0 Å². The van der Waals surface area contributed by atoms with Crippen molar-refractivity contribution < 1.29 is 41.9 Å². The summed E-state index contributed by atoms with van der Waals surface area (Å²) in [5.74, 6) is -2.82. The molecule has 2 aliphatic carbocycles. The smallest absolute Gasteiger partial charge is 0.411 e. The van der Waals surface area contributed by atoms with Crippen molar-refractivity contribution in [1.82, 2.24) is 20.3 Å². The molecule has 4 rings (SSSR count). The van der Waals surface area contributed by atoms with Gasteiger partial charge in [-0.2, -0.15) is 0 Å². The maximum atomic E-state index is 14.2. The van der Waals surface area contributed by atoms with E-state index in [4.69, 9.17) is 9.47 Å². The number of carbonyl (C=O) groups excluding carboxylic acids is 5. The number of anilines is 1. The minimum atomic E-state index is -3.91. The molecule has 1 heterocycles. The Kier molecular flexibility index (Phi) is 11.0. The second-order valence-electron chi connectivity index (χ2n) is 14.8. The molecule has 1 aromatic carbocycles. The monoisotopic (exact) mass is 721 g/mol. The quantitative estimate of drug-likeness (QED) is 0.194. The lowest BCUT2D eigenvalue weighted by Crippen LogP contribution is -2.60. The van der Waals surface area contributed by atoms with Gasteiger partial charge < -0.3 is 25.0 Å². The number of hydrogen-bond donors (Lipinski definition) is 4. The van der Waals surface area contributed by atoms with Crippen LogP contribution in [0.1, 0.15) is 67.2 Å². The molecule has 0 spiro atoms. The van der Waals surface area contributed by atoms with E-state index in [2.05, 4.69) is 27.3 Å². The first-order chi connectivity index (χ1) is 22.7. The van der Waals surface area contributed by atoms with Crippen molar-refractivity contribution in [2.45, 2.75) is 107 Å². The third kappa shape index (κ3) is 9.47. The van der Waals surface area contributed by atoms with Gasteiger partial charge >= 0.3 is 12.2 Å². The molecule has 2 saturated carbocycles. The van der Waals surface area contributed by atoms with Gasteiger partial charge in [0.15, 0.2) is 0 Å². The summed E-state index contributed by atoms with van der Waals surface area (Å²) in [4.78, 5) is 69.5. The van der Waals surface area contributed by atoms with Crippen LogP contribution in [0.15, 0.2) is 41.8 Å². The van der Waals surface area contributed by atoms with Gasteiger partial charge in [0, 0.05) is 22.9 Å². The Balaban J connectivity index is 1.58. The van der Waals surface area contributed by atoms with Gasteiger partial charge in [0.1, 0.15) is 29.3 Å². The van der Waals surface area contributed by atoms with E-state index in [9.17, 15) is 32.4 Å². The van der Waals surface area contributed by atoms with Gasteiger partial charge in [-0.15, -0.1) is 18.3 Å². The Hall–Kier alpha value is -3.79. The van der Waals surface area contributed by atoms with Crippen molar-refractivity contribution in [3.05, 3.63) is 36.9 Å². The van der Waals surface area contributed by atoms with Crippen LogP contribution in [0.2, 0.25) is 0 Å². The number of alkyl carbamates (subject to hydrolysis) is 1. The first-order valence-corrected chi connectivity index (χ1v) is 18.9. The highest BCUT2D eigenvalue weighted by Crippen LogP contribution is 2.45. The predicted molar refractivity (Wildman–Crippen MR) is 184 cm³/mol. The molecule has 0 radical (unpaired) electrons. The summed E-state index contributed by atoms with van der Waals surface area (Å²) in [6.45, 7) is 13.8.